The highest BCUT2D eigenvalue weighted by Crippen LogP contribution is 2.14. The molecule has 2 rings (SSSR count). The largest absolute Gasteiger partial charge is 0.477 e. The first-order valence-corrected chi connectivity index (χ1v) is 7.07. The highest BCUT2D eigenvalue weighted by molar-refractivity contribution is 5.25. The van der Waals surface area contributed by atoms with E-state index in [0.29, 0.717) is 12.5 Å². The van der Waals surface area contributed by atoms with Crippen LogP contribution >= 0.6 is 0 Å². The van der Waals surface area contributed by atoms with Crippen LogP contribution in [-0.4, -0.2) is 23.1 Å². The summed E-state index contributed by atoms with van der Waals surface area (Å²) in [5.41, 5.74) is 2.14. The predicted molar refractivity (Wildman–Crippen MR) is 79.7 cm³/mol. The zero-order valence-corrected chi connectivity index (χ0v) is 11.9. The Morgan fingerprint density at radius 2 is 2.00 bits per heavy atom. The first kappa shape index (κ1) is 14.5. The van der Waals surface area contributed by atoms with Crippen molar-refractivity contribution in [3.05, 3.63) is 54.0 Å². The summed E-state index contributed by atoms with van der Waals surface area (Å²) in [4.78, 5) is 8.59. The molecule has 0 radical (unpaired) electrons. The van der Waals surface area contributed by atoms with Crippen LogP contribution in [0.3, 0.4) is 0 Å². The molecule has 4 nitrogen and oxygen atoms in total. The van der Waals surface area contributed by atoms with Crippen LogP contribution in [-0.2, 0) is 13.0 Å². The molecule has 0 aliphatic carbocycles. The molecule has 1 N–H and O–H groups in total. The van der Waals surface area contributed by atoms with Crippen LogP contribution in [0.2, 0.25) is 0 Å². The van der Waals surface area contributed by atoms with E-state index in [1.807, 2.05) is 30.3 Å². The Hall–Kier alpha value is -1.94. The molecular formula is C16H21N3O. The number of rotatable bonds is 8. The standard InChI is InChI=1S/C16H21N3O/c1-2-9-17-13-14-6-5-11-19-16(14)20-12-8-15-7-3-4-10-18-15/h3-7,10-11,17H,2,8-9,12-13H2,1H3. The number of nitrogens with one attached hydrogen (secondary N) is 1. The molecular weight excluding hydrogens is 250 g/mol. The normalized spacial score (nSPS) is 10.4. The van der Waals surface area contributed by atoms with Gasteiger partial charge in [-0.2, -0.15) is 0 Å². The maximum atomic E-state index is 5.78. The van der Waals surface area contributed by atoms with Gasteiger partial charge in [0, 0.05) is 36.6 Å². The molecule has 0 atom stereocenters. The molecule has 2 aromatic heterocycles. The van der Waals surface area contributed by atoms with Gasteiger partial charge in [0.05, 0.1) is 6.61 Å². The monoisotopic (exact) mass is 271 g/mol. The molecule has 2 heterocycles. The van der Waals surface area contributed by atoms with Gasteiger partial charge in [-0.15, -0.1) is 0 Å². The van der Waals surface area contributed by atoms with Gasteiger partial charge in [-0.05, 0) is 31.2 Å². The average Bonchev–Trinajstić information content (AvgIpc) is 2.50. The summed E-state index contributed by atoms with van der Waals surface area (Å²) in [7, 11) is 0. The molecule has 0 saturated carbocycles. The van der Waals surface area contributed by atoms with Gasteiger partial charge in [0.2, 0.25) is 5.88 Å². The molecule has 0 fully saturated rings. The predicted octanol–water partition coefficient (Wildman–Crippen LogP) is 2.60. The summed E-state index contributed by atoms with van der Waals surface area (Å²) < 4.78 is 5.78. The highest BCUT2D eigenvalue weighted by atomic mass is 16.5. The first-order chi connectivity index (χ1) is 9.90. The third-order valence-corrected chi connectivity index (χ3v) is 2.92. The van der Waals surface area contributed by atoms with E-state index in [9.17, 15) is 0 Å². The number of hydrogen-bond donors (Lipinski definition) is 1. The number of nitrogens with zero attached hydrogens (tertiary/aromatic N) is 2. The fourth-order valence-corrected chi connectivity index (χ4v) is 1.89. The lowest BCUT2D eigenvalue weighted by molar-refractivity contribution is 0.304. The van der Waals surface area contributed by atoms with Crippen molar-refractivity contribution in [1.29, 1.82) is 0 Å². The van der Waals surface area contributed by atoms with Crippen LogP contribution in [0.1, 0.15) is 24.6 Å². The SMILES string of the molecule is CCCNCc1cccnc1OCCc1ccccn1. The van der Waals surface area contributed by atoms with Crippen molar-refractivity contribution in [3.8, 4) is 5.88 Å². The molecule has 0 spiro atoms. The van der Waals surface area contributed by atoms with Crippen molar-refractivity contribution >= 4 is 0 Å². The van der Waals surface area contributed by atoms with Crippen LogP contribution in [0.15, 0.2) is 42.7 Å². The quantitative estimate of drug-likeness (QED) is 0.750. The van der Waals surface area contributed by atoms with Gasteiger partial charge in [-0.1, -0.05) is 19.1 Å². The Morgan fingerprint density at radius 1 is 1.10 bits per heavy atom. The van der Waals surface area contributed by atoms with Crippen molar-refractivity contribution in [3.63, 3.8) is 0 Å². The van der Waals surface area contributed by atoms with Crippen molar-refractivity contribution in [2.75, 3.05) is 13.2 Å². The lowest BCUT2D eigenvalue weighted by Gasteiger charge is -2.10. The van der Waals surface area contributed by atoms with E-state index in [1.54, 1.807) is 12.4 Å². The maximum Gasteiger partial charge on any atom is 0.217 e. The van der Waals surface area contributed by atoms with E-state index in [4.69, 9.17) is 4.74 Å². The minimum atomic E-state index is 0.592. The summed E-state index contributed by atoms with van der Waals surface area (Å²) in [6.07, 6.45) is 5.48. The van der Waals surface area contributed by atoms with E-state index in [1.165, 1.54) is 0 Å². The van der Waals surface area contributed by atoms with Gasteiger partial charge in [-0.3, -0.25) is 4.98 Å². The fourth-order valence-electron chi connectivity index (χ4n) is 1.89. The van der Waals surface area contributed by atoms with E-state index in [-0.39, 0.29) is 0 Å². The Kier molecular flexibility index (Phi) is 5.99. The van der Waals surface area contributed by atoms with Crippen molar-refractivity contribution < 1.29 is 4.74 Å². The molecule has 2 aromatic rings. The fraction of sp³-hybridized carbons (Fsp3) is 0.375. The summed E-state index contributed by atoms with van der Waals surface area (Å²) in [6.45, 7) is 4.54. The number of pyridine rings is 2. The Morgan fingerprint density at radius 3 is 2.80 bits per heavy atom. The van der Waals surface area contributed by atoms with E-state index in [0.717, 1.165) is 37.2 Å². The topological polar surface area (TPSA) is 47.0 Å². The molecule has 106 valence electrons. The zero-order chi connectivity index (χ0) is 14.0. The van der Waals surface area contributed by atoms with Crippen LogP contribution in [0.4, 0.5) is 0 Å². The smallest absolute Gasteiger partial charge is 0.217 e. The second kappa shape index (κ2) is 8.27. The summed E-state index contributed by atoms with van der Waals surface area (Å²) in [6, 6.07) is 9.90. The van der Waals surface area contributed by atoms with Gasteiger partial charge in [0.25, 0.3) is 0 Å². The number of aromatic nitrogens is 2. The Labute approximate surface area is 120 Å². The molecule has 0 unspecified atom stereocenters. The van der Waals surface area contributed by atoms with Crippen molar-refractivity contribution in [2.45, 2.75) is 26.3 Å². The first-order valence-electron chi connectivity index (χ1n) is 7.07. The molecule has 0 aliphatic heterocycles. The lowest BCUT2D eigenvalue weighted by Crippen LogP contribution is -2.15. The van der Waals surface area contributed by atoms with Crippen LogP contribution in [0, 0.1) is 0 Å². The summed E-state index contributed by atoms with van der Waals surface area (Å²) >= 11 is 0. The van der Waals surface area contributed by atoms with Gasteiger partial charge in [-0.25, -0.2) is 4.98 Å². The Balaban J connectivity index is 1.85. The molecule has 4 heteroatoms. The van der Waals surface area contributed by atoms with Gasteiger partial charge < -0.3 is 10.1 Å². The second-order valence-electron chi connectivity index (χ2n) is 4.56. The Bertz CT molecular complexity index is 502. The van der Waals surface area contributed by atoms with Crippen molar-refractivity contribution in [2.24, 2.45) is 0 Å². The van der Waals surface area contributed by atoms with E-state index in [2.05, 4.69) is 22.2 Å². The molecule has 0 saturated heterocycles. The van der Waals surface area contributed by atoms with Crippen LogP contribution in [0.5, 0.6) is 5.88 Å². The molecule has 0 amide bonds. The highest BCUT2D eigenvalue weighted by Gasteiger charge is 2.04. The maximum absolute atomic E-state index is 5.78. The third kappa shape index (κ3) is 4.63. The third-order valence-electron chi connectivity index (χ3n) is 2.92. The molecule has 0 aromatic carbocycles. The van der Waals surface area contributed by atoms with Crippen LogP contribution < -0.4 is 10.1 Å². The molecule has 0 aliphatic rings. The summed E-state index contributed by atoms with van der Waals surface area (Å²) in [5, 5.41) is 3.37. The van der Waals surface area contributed by atoms with E-state index < -0.39 is 0 Å². The minimum Gasteiger partial charge on any atom is -0.477 e. The minimum absolute atomic E-state index is 0.592. The van der Waals surface area contributed by atoms with Gasteiger partial charge in [0.15, 0.2) is 0 Å². The van der Waals surface area contributed by atoms with Gasteiger partial charge >= 0.3 is 0 Å². The number of hydrogen-bond acceptors (Lipinski definition) is 4. The number of ether oxygens (including phenoxy) is 1. The second-order valence-corrected chi connectivity index (χ2v) is 4.56. The van der Waals surface area contributed by atoms with Crippen molar-refractivity contribution in [1.82, 2.24) is 15.3 Å². The zero-order valence-electron chi connectivity index (χ0n) is 11.9. The molecule has 0 bridgehead atoms. The summed E-state index contributed by atoms with van der Waals surface area (Å²) in [5.74, 6) is 0.715. The lowest BCUT2D eigenvalue weighted by atomic mass is 10.2. The molecule has 20 heavy (non-hydrogen) atoms. The average molecular weight is 271 g/mol. The van der Waals surface area contributed by atoms with Gasteiger partial charge in [0.1, 0.15) is 0 Å². The van der Waals surface area contributed by atoms with E-state index >= 15 is 0 Å². The van der Waals surface area contributed by atoms with Crippen LogP contribution in [0.25, 0.3) is 0 Å².